The zero-order valence-corrected chi connectivity index (χ0v) is 21.4. The quantitative estimate of drug-likeness (QED) is 0.109. The second kappa shape index (κ2) is 22.8. The van der Waals surface area contributed by atoms with E-state index < -0.39 is 36.9 Å². The van der Waals surface area contributed by atoms with Crippen molar-refractivity contribution in [2.75, 3.05) is 6.61 Å². The van der Waals surface area contributed by atoms with Gasteiger partial charge in [0.1, 0.15) is 12.2 Å². The van der Waals surface area contributed by atoms with Crippen molar-refractivity contribution in [2.24, 2.45) is 0 Å². The lowest BCUT2D eigenvalue weighted by Crippen LogP contribution is -2.53. The summed E-state index contributed by atoms with van der Waals surface area (Å²) in [6.45, 7) is 3.90. The molecule has 0 aliphatic heterocycles. The first-order valence-electron chi connectivity index (χ1n) is 13.6. The zero-order valence-electron chi connectivity index (χ0n) is 21.4. The lowest BCUT2D eigenvalue weighted by atomic mass is 9.99. The molecule has 0 saturated heterocycles. The Bertz CT molecular complexity index is 471. The summed E-state index contributed by atoms with van der Waals surface area (Å²) < 4.78 is 0. The van der Waals surface area contributed by atoms with E-state index in [0.29, 0.717) is 12.8 Å². The maximum atomic E-state index is 12.2. The number of carbonyl (C=O) groups excluding carboxylic acids is 1. The summed E-state index contributed by atoms with van der Waals surface area (Å²) in [5, 5.41) is 42.7. The van der Waals surface area contributed by atoms with Crippen LogP contribution >= 0.6 is 0 Å². The molecule has 4 atom stereocenters. The van der Waals surface area contributed by atoms with Crippen molar-refractivity contribution in [3.8, 4) is 0 Å². The van der Waals surface area contributed by atoms with Gasteiger partial charge in [0, 0.05) is 0 Å². The van der Waals surface area contributed by atoms with Gasteiger partial charge >= 0.3 is 0 Å². The molecule has 0 aromatic heterocycles. The summed E-state index contributed by atoms with van der Waals surface area (Å²) in [4.78, 5) is 12.2. The van der Waals surface area contributed by atoms with Crippen LogP contribution in [-0.4, -0.2) is 57.3 Å². The normalized spacial score (nSPS) is 15.5. The standard InChI is InChI=1S/C27H53NO5/c1-3-5-7-9-11-13-15-16-18-20-24(30)26(32)23(22-29)28-27(33)25(31)21-19-17-14-12-10-8-6-4-2/h14,17,23-26,29-32H,3-13,15-16,18-22H2,1-2H3,(H,28,33)/b17-14-. The molecule has 6 nitrogen and oxygen atoms in total. The second-order valence-corrected chi connectivity index (χ2v) is 9.39. The number of rotatable bonds is 23. The highest BCUT2D eigenvalue weighted by Crippen LogP contribution is 2.14. The summed E-state index contributed by atoms with van der Waals surface area (Å²) in [5.41, 5.74) is 0. The van der Waals surface area contributed by atoms with Gasteiger partial charge in [-0.05, 0) is 32.1 Å². The molecular weight excluding hydrogens is 418 g/mol. The molecule has 0 rings (SSSR count). The van der Waals surface area contributed by atoms with Crippen molar-refractivity contribution < 1.29 is 25.2 Å². The van der Waals surface area contributed by atoms with E-state index in [0.717, 1.165) is 32.1 Å². The summed E-state index contributed by atoms with van der Waals surface area (Å²) in [5.74, 6) is -0.625. The van der Waals surface area contributed by atoms with Crippen LogP contribution in [0, 0.1) is 0 Å². The van der Waals surface area contributed by atoms with Crippen molar-refractivity contribution in [1.82, 2.24) is 5.32 Å². The first kappa shape index (κ1) is 32.0. The van der Waals surface area contributed by atoms with E-state index in [4.69, 9.17) is 0 Å². The first-order chi connectivity index (χ1) is 16.0. The van der Waals surface area contributed by atoms with E-state index in [1.165, 1.54) is 57.8 Å². The lowest BCUT2D eigenvalue weighted by molar-refractivity contribution is -0.132. The number of hydrogen-bond donors (Lipinski definition) is 5. The number of allylic oxidation sites excluding steroid dienone is 2. The molecular formula is C27H53NO5. The van der Waals surface area contributed by atoms with Gasteiger partial charge in [-0.25, -0.2) is 0 Å². The Labute approximate surface area is 202 Å². The predicted molar refractivity (Wildman–Crippen MR) is 136 cm³/mol. The number of unbranched alkanes of at least 4 members (excludes halogenated alkanes) is 12. The van der Waals surface area contributed by atoms with Crippen molar-refractivity contribution in [2.45, 2.75) is 147 Å². The highest BCUT2D eigenvalue weighted by molar-refractivity contribution is 5.80. The molecule has 0 aliphatic rings. The van der Waals surface area contributed by atoms with Gasteiger partial charge < -0.3 is 25.7 Å². The molecule has 6 heteroatoms. The van der Waals surface area contributed by atoms with Crippen LogP contribution in [-0.2, 0) is 4.79 Å². The van der Waals surface area contributed by atoms with E-state index in [9.17, 15) is 25.2 Å². The summed E-state index contributed by atoms with van der Waals surface area (Å²) in [6.07, 6.45) is 18.3. The monoisotopic (exact) mass is 471 g/mol. The molecule has 0 aromatic carbocycles. The summed E-state index contributed by atoms with van der Waals surface area (Å²) in [7, 11) is 0. The minimum atomic E-state index is -1.26. The van der Waals surface area contributed by atoms with Crippen LogP contribution < -0.4 is 5.32 Å². The Kier molecular flexibility index (Phi) is 22.2. The number of aliphatic hydroxyl groups is 4. The maximum Gasteiger partial charge on any atom is 0.249 e. The molecule has 4 unspecified atom stereocenters. The molecule has 0 aromatic rings. The Morgan fingerprint density at radius 2 is 1.24 bits per heavy atom. The van der Waals surface area contributed by atoms with Crippen LogP contribution in [0.1, 0.15) is 123 Å². The molecule has 1 amide bonds. The molecule has 33 heavy (non-hydrogen) atoms. The van der Waals surface area contributed by atoms with Gasteiger partial charge in [0.25, 0.3) is 0 Å². The highest BCUT2D eigenvalue weighted by atomic mass is 16.3. The third-order valence-corrected chi connectivity index (χ3v) is 6.23. The van der Waals surface area contributed by atoms with Crippen molar-refractivity contribution >= 4 is 5.91 Å². The molecule has 0 radical (unpaired) electrons. The first-order valence-corrected chi connectivity index (χ1v) is 13.6. The average molecular weight is 472 g/mol. The Balaban J connectivity index is 4.05. The number of nitrogens with one attached hydrogen (secondary N) is 1. The van der Waals surface area contributed by atoms with Crippen LogP contribution in [0.2, 0.25) is 0 Å². The molecule has 0 aliphatic carbocycles. The predicted octanol–water partition coefficient (Wildman–Crippen LogP) is 4.77. The highest BCUT2D eigenvalue weighted by Gasteiger charge is 2.28. The smallest absolute Gasteiger partial charge is 0.249 e. The number of hydrogen-bond acceptors (Lipinski definition) is 5. The minimum Gasteiger partial charge on any atom is -0.394 e. The van der Waals surface area contributed by atoms with Gasteiger partial charge in [0.15, 0.2) is 0 Å². The van der Waals surface area contributed by atoms with Crippen LogP contribution in [0.25, 0.3) is 0 Å². The Morgan fingerprint density at radius 3 is 1.82 bits per heavy atom. The lowest BCUT2D eigenvalue weighted by Gasteiger charge is -2.27. The van der Waals surface area contributed by atoms with E-state index >= 15 is 0 Å². The van der Waals surface area contributed by atoms with Crippen LogP contribution in [0.4, 0.5) is 0 Å². The van der Waals surface area contributed by atoms with Crippen molar-refractivity contribution in [3.05, 3.63) is 12.2 Å². The van der Waals surface area contributed by atoms with Crippen LogP contribution in [0.5, 0.6) is 0 Å². The average Bonchev–Trinajstić information content (AvgIpc) is 2.82. The summed E-state index contributed by atoms with van der Waals surface area (Å²) in [6, 6.07) is -0.991. The third-order valence-electron chi connectivity index (χ3n) is 6.23. The molecule has 196 valence electrons. The van der Waals surface area contributed by atoms with E-state index in [-0.39, 0.29) is 6.42 Å². The molecule has 5 N–H and O–H groups in total. The number of amides is 1. The van der Waals surface area contributed by atoms with E-state index in [2.05, 4.69) is 25.2 Å². The van der Waals surface area contributed by atoms with Crippen LogP contribution in [0.15, 0.2) is 12.2 Å². The second-order valence-electron chi connectivity index (χ2n) is 9.39. The van der Waals surface area contributed by atoms with Gasteiger partial charge in [0.05, 0.1) is 18.8 Å². The maximum absolute atomic E-state index is 12.2. The Morgan fingerprint density at radius 1 is 0.727 bits per heavy atom. The summed E-state index contributed by atoms with van der Waals surface area (Å²) >= 11 is 0. The fourth-order valence-corrected chi connectivity index (χ4v) is 3.93. The van der Waals surface area contributed by atoms with Gasteiger partial charge in [-0.2, -0.15) is 0 Å². The minimum absolute atomic E-state index is 0.284. The molecule has 0 bridgehead atoms. The fraction of sp³-hybridized carbons (Fsp3) is 0.889. The number of carbonyl (C=O) groups is 1. The van der Waals surface area contributed by atoms with Crippen molar-refractivity contribution in [1.29, 1.82) is 0 Å². The largest absolute Gasteiger partial charge is 0.394 e. The van der Waals surface area contributed by atoms with E-state index in [1.807, 2.05) is 6.08 Å². The van der Waals surface area contributed by atoms with Crippen LogP contribution in [0.3, 0.4) is 0 Å². The number of aliphatic hydroxyl groups excluding tert-OH is 4. The van der Waals surface area contributed by atoms with E-state index in [1.54, 1.807) is 0 Å². The fourth-order valence-electron chi connectivity index (χ4n) is 3.93. The van der Waals surface area contributed by atoms with Gasteiger partial charge in [0.2, 0.25) is 5.91 Å². The third kappa shape index (κ3) is 18.1. The van der Waals surface area contributed by atoms with Crippen molar-refractivity contribution in [3.63, 3.8) is 0 Å². The SMILES string of the molecule is CCCCCC/C=C\CCC(O)C(=O)NC(CO)C(O)C(O)CCCCCCCCCCC. The molecule has 0 saturated carbocycles. The van der Waals surface area contributed by atoms with Gasteiger partial charge in [-0.1, -0.05) is 103 Å². The molecule has 0 spiro atoms. The molecule has 0 fully saturated rings. The molecule has 0 heterocycles. The van der Waals surface area contributed by atoms with Gasteiger partial charge in [-0.3, -0.25) is 4.79 Å². The topological polar surface area (TPSA) is 110 Å². The van der Waals surface area contributed by atoms with Gasteiger partial charge in [-0.15, -0.1) is 0 Å². The Hall–Kier alpha value is -0.950. The zero-order chi connectivity index (χ0) is 24.7.